The van der Waals surface area contributed by atoms with Gasteiger partial charge in [-0.15, -0.1) is 24.8 Å². The van der Waals surface area contributed by atoms with E-state index in [0.717, 1.165) is 37.5 Å². The van der Waals surface area contributed by atoms with Crippen molar-refractivity contribution in [1.29, 1.82) is 0 Å². The lowest BCUT2D eigenvalue weighted by atomic mass is 10.2. The van der Waals surface area contributed by atoms with Crippen LogP contribution in [0.5, 0.6) is 5.75 Å². The van der Waals surface area contributed by atoms with E-state index in [2.05, 4.69) is 5.32 Å². The number of hydrogen-bond donors (Lipinski definition) is 1. The maximum Gasteiger partial charge on any atom is 0.246 e. The summed E-state index contributed by atoms with van der Waals surface area (Å²) in [5, 5.41) is 3.22. The van der Waals surface area contributed by atoms with E-state index in [9.17, 15) is 4.79 Å². The standard InChI is InChI=1S/C14H18N2O2.2ClH/c1-18-13-5-2-12(3-6-13)4-7-14(17)16-10-8-15-9-11-16;;/h2-7,15H,8-11H2,1H3;2*1H. The van der Waals surface area contributed by atoms with Crippen molar-refractivity contribution in [2.75, 3.05) is 33.3 Å². The average molecular weight is 319 g/mol. The summed E-state index contributed by atoms with van der Waals surface area (Å²) in [5.41, 5.74) is 0.999. The summed E-state index contributed by atoms with van der Waals surface area (Å²) in [6.07, 6.45) is 3.47. The number of hydrogen-bond acceptors (Lipinski definition) is 3. The molecule has 6 heteroatoms. The molecule has 1 aliphatic heterocycles. The van der Waals surface area contributed by atoms with Crippen LogP contribution in [0.1, 0.15) is 5.56 Å². The van der Waals surface area contributed by atoms with Gasteiger partial charge in [-0.05, 0) is 23.8 Å². The molecule has 1 aromatic rings. The Morgan fingerprint density at radius 2 is 1.80 bits per heavy atom. The molecule has 1 fully saturated rings. The minimum atomic E-state index is 0. The van der Waals surface area contributed by atoms with Crippen LogP contribution in [0.3, 0.4) is 0 Å². The molecule has 112 valence electrons. The summed E-state index contributed by atoms with van der Waals surface area (Å²) < 4.78 is 5.08. The van der Waals surface area contributed by atoms with Gasteiger partial charge in [0.1, 0.15) is 5.75 Å². The monoisotopic (exact) mass is 318 g/mol. The van der Waals surface area contributed by atoms with Crippen LogP contribution < -0.4 is 10.1 Å². The van der Waals surface area contributed by atoms with Gasteiger partial charge in [0.15, 0.2) is 0 Å². The zero-order valence-electron chi connectivity index (χ0n) is 11.4. The lowest BCUT2D eigenvalue weighted by Gasteiger charge is -2.26. The maximum absolute atomic E-state index is 11.9. The molecule has 1 heterocycles. The number of piperazine rings is 1. The third-order valence-corrected chi connectivity index (χ3v) is 2.96. The van der Waals surface area contributed by atoms with E-state index < -0.39 is 0 Å². The Balaban J connectivity index is 0.00000180. The van der Waals surface area contributed by atoms with Crippen LogP contribution in [0.15, 0.2) is 30.3 Å². The molecule has 0 bridgehead atoms. The van der Waals surface area contributed by atoms with Crippen molar-refractivity contribution >= 4 is 36.8 Å². The third-order valence-electron chi connectivity index (χ3n) is 2.96. The van der Waals surface area contributed by atoms with E-state index >= 15 is 0 Å². The first-order valence-electron chi connectivity index (χ1n) is 6.11. The Bertz CT molecular complexity index is 429. The van der Waals surface area contributed by atoms with Crippen LogP contribution in [-0.2, 0) is 4.79 Å². The number of nitrogens with one attached hydrogen (secondary N) is 1. The number of nitrogens with zero attached hydrogens (tertiary/aromatic N) is 1. The minimum absolute atomic E-state index is 0. The third kappa shape index (κ3) is 5.41. The molecule has 4 nitrogen and oxygen atoms in total. The van der Waals surface area contributed by atoms with Crippen LogP contribution in [0, 0.1) is 0 Å². The number of rotatable bonds is 3. The Kier molecular flexibility index (Phi) is 9.05. The van der Waals surface area contributed by atoms with Crippen molar-refractivity contribution in [1.82, 2.24) is 10.2 Å². The molecule has 1 saturated heterocycles. The Morgan fingerprint density at radius 3 is 2.35 bits per heavy atom. The summed E-state index contributed by atoms with van der Waals surface area (Å²) in [7, 11) is 1.64. The van der Waals surface area contributed by atoms with E-state index in [-0.39, 0.29) is 30.7 Å². The Morgan fingerprint density at radius 1 is 1.20 bits per heavy atom. The van der Waals surface area contributed by atoms with Gasteiger partial charge in [-0.25, -0.2) is 0 Å². The molecule has 1 aliphatic rings. The first kappa shape index (κ1) is 18.8. The van der Waals surface area contributed by atoms with E-state index in [1.165, 1.54) is 0 Å². The number of benzene rings is 1. The molecule has 0 spiro atoms. The van der Waals surface area contributed by atoms with Crippen molar-refractivity contribution in [3.63, 3.8) is 0 Å². The second-order valence-electron chi connectivity index (χ2n) is 4.18. The van der Waals surface area contributed by atoms with Crippen molar-refractivity contribution in [2.45, 2.75) is 0 Å². The van der Waals surface area contributed by atoms with Gasteiger partial charge in [0.05, 0.1) is 7.11 Å². The predicted octanol–water partition coefficient (Wildman–Crippen LogP) is 1.98. The van der Waals surface area contributed by atoms with Gasteiger partial charge in [0, 0.05) is 32.3 Å². The summed E-state index contributed by atoms with van der Waals surface area (Å²) in [6.45, 7) is 3.32. The van der Waals surface area contributed by atoms with Crippen molar-refractivity contribution in [3.8, 4) is 5.75 Å². The van der Waals surface area contributed by atoms with E-state index in [0.29, 0.717) is 0 Å². The van der Waals surface area contributed by atoms with E-state index in [4.69, 9.17) is 4.74 Å². The molecule has 1 amide bonds. The van der Waals surface area contributed by atoms with Crippen LogP contribution in [0.2, 0.25) is 0 Å². The first-order valence-corrected chi connectivity index (χ1v) is 6.11. The molecule has 0 aliphatic carbocycles. The van der Waals surface area contributed by atoms with Crippen molar-refractivity contribution in [3.05, 3.63) is 35.9 Å². The maximum atomic E-state index is 11.9. The van der Waals surface area contributed by atoms with Crippen LogP contribution in [0.25, 0.3) is 6.08 Å². The highest BCUT2D eigenvalue weighted by Gasteiger charge is 2.12. The quantitative estimate of drug-likeness (QED) is 0.866. The zero-order valence-corrected chi connectivity index (χ0v) is 13.0. The summed E-state index contributed by atoms with van der Waals surface area (Å²) in [5.74, 6) is 0.896. The molecule has 1 aromatic carbocycles. The largest absolute Gasteiger partial charge is 0.497 e. The molecule has 20 heavy (non-hydrogen) atoms. The van der Waals surface area contributed by atoms with Crippen molar-refractivity contribution in [2.24, 2.45) is 0 Å². The molecule has 1 N–H and O–H groups in total. The van der Waals surface area contributed by atoms with Gasteiger partial charge < -0.3 is 15.0 Å². The number of methoxy groups -OCH3 is 1. The summed E-state index contributed by atoms with van der Waals surface area (Å²) in [4.78, 5) is 13.7. The van der Waals surface area contributed by atoms with E-state index in [1.807, 2.05) is 35.2 Å². The second-order valence-corrected chi connectivity index (χ2v) is 4.18. The summed E-state index contributed by atoms with van der Waals surface area (Å²) >= 11 is 0. The molecular formula is C14H20Cl2N2O2. The van der Waals surface area contributed by atoms with Gasteiger partial charge in [-0.1, -0.05) is 12.1 Å². The fourth-order valence-corrected chi connectivity index (χ4v) is 1.87. The molecule has 0 aromatic heterocycles. The normalized spacial score (nSPS) is 14.3. The number of carbonyl (C=O) groups is 1. The number of ether oxygens (including phenoxy) is 1. The second kappa shape index (κ2) is 9.64. The van der Waals surface area contributed by atoms with Crippen LogP contribution >= 0.6 is 24.8 Å². The number of carbonyl (C=O) groups excluding carboxylic acids is 1. The molecule has 2 rings (SSSR count). The highest BCUT2D eigenvalue weighted by Crippen LogP contribution is 2.12. The van der Waals surface area contributed by atoms with Crippen LogP contribution in [0.4, 0.5) is 0 Å². The van der Waals surface area contributed by atoms with Gasteiger partial charge in [-0.3, -0.25) is 4.79 Å². The first-order chi connectivity index (χ1) is 8.79. The zero-order chi connectivity index (χ0) is 12.8. The smallest absolute Gasteiger partial charge is 0.246 e. The summed E-state index contributed by atoms with van der Waals surface area (Å²) in [6, 6.07) is 7.63. The highest BCUT2D eigenvalue weighted by molar-refractivity contribution is 5.91. The Labute approximate surface area is 132 Å². The Hall–Kier alpha value is -1.23. The van der Waals surface area contributed by atoms with Gasteiger partial charge in [0.2, 0.25) is 5.91 Å². The SMILES string of the molecule is COc1ccc(C=CC(=O)N2CCNCC2)cc1.Cl.Cl. The highest BCUT2D eigenvalue weighted by atomic mass is 35.5. The fourth-order valence-electron chi connectivity index (χ4n) is 1.87. The molecule has 0 atom stereocenters. The molecular weight excluding hydrogens is 299 g/mol. The number of amides is 1. The fraction of sp³-hybridized carbons (Fsp3) is 0.357. The van der Waals surface area contributed by atoms with Gasteiger partial charge in [0.25, 0.3) is 0 Å². The molecule has 0 saturated carbocycles. The van der Waals surface area contributed by atoms with Crippen LogP contribution in [-0.4, -0.2) is 44.1 Å². The number of halogens is 2. The minimum Gasteiger partial charge on any atom is -0.497 e. The topological polar surface area (TPSA) is 41.6 Å². The average Bonchev–Trinajstić information content (AvgIpc) is 2.46. The predicted molar refractivity (Wildman–Crippen MR) is 86.0 cm³/mol. The van der Waals surface area contributed by atoms with E-state index in [1.54, 1.807) is 13.2 Å². The molecule has 0 radical (unpaired) electrons. The van der Waals surface area contributed by atoms with Gasteiger partial charge in [-0.2, -0.15) is 0 Å². The molecule has 0 unspecified atom stereocenters. The van der Waals surface area contributed by atoms with Gasteiger partial charge >= 0.3 is 0 Å². The lowest BCUT2D eigenvalue weighted by Crippen LogP contribution is -2.45. The van der Waals surface area contributed by atoms with Crippen molar-refractivity contribution < 1.29 is 9.53 Å². The lowest BCUT2D eigenvalue weighted by molar-refractivity contribution is -0.126.